The monoisotopic (exact) mass is 319 g/mol. The van der Waals surface area contributed by atoms with Crippen LogP contribution in [0.2, 0.25) is 0 Å². The molecule has 4 rings (SSSR count). The van der Waals surface area contributed by atoms with Crippen molar-refractivity contribution in [2.24, 2.45) is 0 Å². The number of nitrogens with one attached hydrogen (secondary N) is 1. The molecule has 0 spiro atoms. The van der Waals surface area contributed by atoms with E-state index in [4.69, 9.17) is 0 Å². The van der Waals surface area contributed by atoms with E-state index in [1.165, 1.54) is 23.2 Å². The first kappa shape index (κ1) is 14.3. The summed E-state index contributed by atoms with van der Waals surface area (Å²) in [6.07, 6.45) is 4.83. The molecular weight excluding hydrogens is 306 g/mol. The minimum Gasteiger partial charge on any atom is -0.366 e. The highest BCUT2D eigenvalue weighted by molar-refractivity contribution is 6.07. The van der Waals surface area contributed by atoms with Crippen molar-refractivity contribution in [1.82, 2.24) is 14.5 Å². The van der Waals surface area contributed by atoms with Crippen molar-refractivity contribution in [1.29, 1.82) is 0 Å². The number of H-pyrrole nitrogens is 1. The third-order valence-corrected chi connectivity index (χ3v) is 4.22. The number of aromatic amines is 1. The van der Waals surface area contributed by atoms with Crippen molar-refractivity contribution >= 4 is 21.5 Å². The van der Waals surface area contributed by atoms with E-state index in [0.29, 0.717) is 22.6 Å². The van der Waals surface area contributed by atoms with Gasteiger partial charge in [0.25, 0.3) is 16.7 Å². The highest BCUT2D eigenvalue weighted by Gasteiger charge is 2.15. The number of benzene rings is 1. The van der Waals surface area contributed by atoms with E-state index in [1.807, 2.05) is 30.3 Å². The molecular formula is C18H13N3O3. The molecule has 0 atom stereocenters. The number of aromatic nitrogens is 3. The average Bonchev–Trinajstić information content (AvgIpc) is 2.61. The van der Waals surface area contributed by atoms with Gasteiger partial charge in [-0.15, -0.1) is 0 Å². The zero-order valence-corrected chi connectivity index (χ0v) is 12.7. The number of nitrogens with zero attached hydrogens (tertiary/aromatic N) is 2. The summed E-state index contributed by atoms with van der Waals surface area (Å²) in [6.45, 7) is 0.274. The van der Waals surface area contributed by atoms with Gasteiger partial charge in [-0.25, -0.2) is 4.98 Å². The predicted octanol–water partition coefficient (Wildman–Crippen LogP) is 1.28. The summed E-state index contributed by atoms with van der Waals surface area (Å²) in [5, 5.41) is 1.27. The van der Waals surface area contributed by atoms with Crippen LogP contribution in [0.15, 0.2) is 63.3 Å². The smallest absolute Gasteiger partial charge is 0.279 e. The molecule has 24 heavy (non-hydrogen) atoms. The number of rotatable bonds is 3. The maximum atomic E-state index is 12.7. The minimum absolute atomic E-state index is 0.259. The third-order valence-electron chi connectivity index (χ3n) is 4.22. The number of hydrogen-bond donors (Lipinski definition) is 1. The molecule has 0 fully saturated rings. The predicted molar refractivity (Wildman–Crippen MR) is 91.7 cm³/mol. The number of hydrogen-bond acceptors (Lipinski definition) is 4. The Morgan fingerprint density at radius 3 is 2.42 bits per heavy atom. The second kappa shape index (κ2) is 5.42. The van der Waals surface area contributed by atoms with Gasteiger partial charge in [-0.05, 0) is 12.0 Å². The van der Waals surface area contributed by atoms with E-state index < -0.39 is 16.7 Å². The van der Waals surface area contributed by atoms with Gasteiger partial charge >= 0.3 is 0 Å². The van der Waals surface area contributed by atoms with Gasteiger partial charge < -0.3 is 4.98 Å². The van der Waals surface area contributed by atoms with Gasteiger partial charge in [-0.3, -0.25) is 19.0 Å². The molecule has 1 N–H and O–H groups in total. The second-order valence-electron chi connectivity index (χ2n) is 5.63. The van der Waals surface area contributed by atoms with Crippen molar-refractivity contribution in [2.45, 2.75) is 13.0 Å². The zero-order chi connectivity index (χ0) is 16.7. The lowest BCUT2D eigenvalue weighted by molar-refractivity contribution is 0.657. The van der Waals surface area contributed by atoms with Crippen LogP contribution in [0, 0.1) is 0 Å². The molecule has 3 aromatic heterocycles. The zero-order valence-electron chi connectivity index (χ0n) is 12.7. The fourth-order valence-corrected chi connectivity index (χ4v) is 3.02. The summed E-state index contributed by atoms with van der Waals surface area (Å²) in [5.74, 6) is 0. The molecule has 0 amide bonds. The molecule has 0 aliphatic carbocycles. The lowest BCUT2D eigenvalue weighted by Crippen LogP contribution is -2.34. The van der Waals surface area contributed by atoms with Gasteiger partial charge in [0.05, 0.1) is 16.2 Å². The Bertz CT molecular complexity index is 1180. The lowest BCUT2D eigenvalue weighted by atomic mass is 10.1. The largest absolute Gasteiger partial charge is 0.366 e. The van der Waals surface area contributed by atoms with Crippen LogP contribution in [0.3, 0.4) is 0 Å². The van der Waals surface area contributed by atoms with Gasteiger partial charge in [-0.1, -0.05) is 30.3 Å². The molecule has 0 unspecified atom stereocenters. The molecule has 0 saturated heterocycles. The SMILES string of the molecule is O=c1ncc2c(=O)n(CCc3ccccc3)c(=O)c3c[nH]cc1c23. The molecule has 0 aliphatic heterocycles. The van der Waals surface area contributed by atoms with Crippen molar-refractivity contribution in [2.75, 3.05) is 0 Å². The average molecular weight is 319 g/mol. The standard InChI is InChI=1S/C18H13N3O3/c22-16-12-8-19-9-13-15(12)14(10-20-16)18(24)21(17(13)23)7-6-11-4-2-1-3-5-11/h1-5,8-10,19H,6-7H2. The van der Waals surface area contributed by atoms with E-state index in [0.717, 1.165) is 5.56 Å². The summed E-state index contributed by atoms with van der Waals surface area (Å²) in [5.41, 5.74) is -0.213. The Hall–Kier alpha value is -3.28. The van der Waals surface area contributed by atoms with Crippen LogP contribution in [0.25, 0.3) is 21.5 Å². The first-order chi connectivity index (χ1) is 11.7. The fourth-order valence-electron chi connectivity index (χ4n) is 3.02. The Morgan fingerprint density at radius 2 is 1.62 bits per heavy atom. The third kappa shape index (κ3) is 2.11. The summed E-state index contributed by atoms with van der Waals surface area (Å²) in [4.78, 5) is 43.8. The molecule has 4 aromatic rings. The van der Waals surface area contributed by atoms with Gasteiger partial charge in [0, 0.05) is 30.5 Å². The molecule has 1 aromatic carbocycles. The van der Waals surface area contributed by atoms with Crippen LogP contribution in [0.5, 0.6) is 0 Å². The van der Waals surface area contributed by atoms with Crippen molar-refractivity contribution in [3.05, 3.63) is 85.5 Å². The summed E-state index contributed by atoms with van der Waals surface area (Å²) < 4.78 is 1.21. The summed E-state index contributed by atoms with van der Waals surface area (Å²) in [6, 6.07) is 9.65. The Labute approximate surface area is 135 Å². The molecule has 0 bridgehead atoms. The number of pyridine rings is 3. The molecule has 0 aliphatic rings. The fraction of sp³-hybridized carbons (Fsp3) is 0.111. The minimum atomic E-state index is -0.454. The molecule has 0 radical (unpaired) electrons. The van der Waals surface area contributed by atoms with Crippen LogP contribution < -0.4 is 16.7 Å². The van der Waals surface area contributed by atoms with Crippen LogP contribution >= 0.6 is 0 Å². The normalized spacial score (nSPS) is 11.3. The van der Waals surface area contributed by atoms with Gasteiger partial charge in [0.1, 0.15) is 0 Å². The van der Waals surface area contributed by atoms with E-state index in [1.54, 1.807) is 0 Å². The second-order valence-corrected chi connectivity index (χ2v) is 5.63. The topological polar surface area (TPSA) is 84.8 Å². The first-order valence-corrected chi connectivity index (χ1v) is 7.57. The summed E-state index contributed by atoms with van der Waals surface area (Å²) in [7, 11) is 0. The van der Waals surface area contributed by atoms with Crippen molar-refractivity contribution < 1.29 is 0 Å². The summed E-state index contributed by atoms with van der Waals surface area (Å²) >= 11 is 0. The lowest BCUT2D eigenvalue weighted by Gasteiger charge is -2.09. The molecule has 118 valence electrons. The van der Waals surface area contributed by atoms with Crippen LogP contribution in [0.4, 0.5) is 0 Å². The van der Waals surface area contributed by atoms with E-state index in [9.17, 15) is 14.4 Å². The first-order valence-electron chi connectivity index (χ1n) is 7.57. The highest BCUT2D eigenvalue weighted by Crippen LogP contribution is 2.16. The van der Waals surface area contributed by atoms with E-state index in [2.05, 4.69) is 9.97 Å². The van der Waals surface area contributed by atoms with Gasteiger partial charge in [0.2, 0.25) is 0 Å². The molecule has 0 saturated carbocycles. The Balaban J connectivity index is 1.94. The van der Waals surface area contributed by atoms with E-state index >= 15 is 0 Å². The quantitative estimate of drug-likeness (QED) is 0.616. The number of aryl methyl sites for hydroxylation is 1. The maximum Gasteiger partial charge on any atom is 0.279 e. The molecule has 6 nitrogen and oxygen atoms in total. The Morgan fingerprint density at radius 1 is 0.917 bits per heavy atom. The molecule has 6 heteroatoms. The Kier molecular flexibility index (Phi) is 3.23. The maximum absolute atomic E-state index is 12.7. The molecule has 3 heterocycles. The van der Waals surface area contributed by atoms with Crippen molar-refractivity contribution in [3.63, 3.8) is 0 Å². The van der Waals surface area contributed by atoms with Crippen LogP contribution in [-0.4, -0.2) is 14.5 Å². The highest BCUT2D eigenvalue weighted by atomic mass is 16.2. The van der Waals surface area contributed by atoms with Gasteiger partial charge in [-0.2, -0.15) is 0 Å². The van der Waals surface area contributed by atoms with Gasteiger partial charge in [0.15, 0.2) is 0 Å². The van der Waals surface area contributed by atoms with Crippen molar-refractivity contribution in [3.8, 4) is 0 Å². The van der Waals surface area contributed by atoms with Crippen LogP contribution in [-0.2, 0) is 13.0 Å². The van der Waals surface area contributed by atoms with E-state index in [-0.39, 0.29) is 11.9 Å². The van der Waals surface area contributed by atoms with Crippen LogP contribution in [0.1, 0.15) is 5.56 Å².